The molecule has 1 atom stereocenters. The molecule has 2 rings (SSSR count). The van der Waals surface area contributed by atoms with Crippen LogP contribution in [0.3, 0.4) is 0 Å². The SMILES string of the molecule is CC1CCCc2ccc(C(F)(F)F)cc2N1C(=O)OC(C)(C)C. The van der Waals surface area contributed by atoms with Crippen molar-refractivity contribution in [2.24, 2.45) is 0 Å². The van der Waals surface area contributed by atoms with Crippen molar-refractivity contribution in [3.05, 3.63) is 29.3 Å². The lowest BCUT2D eigenvalue weighted by molar-refractivity contribution is -0.137. The molecule has 1 aliphatic rings. The van der Waals surface area contributed by atoms with Gasteiger partial charge in [-0.1, -0.05) is 6.07 Å². The number of nitrogens with zero attached hydrogens (tertiary/aromatic N) is 1. The maximum absolute atomic E-state index is 13.0. The zero-order chi connectivity index (χ0) is 17.4. The Kier molecular flexibility index (Phi) is 4.64. The number of alkyl halides is 3. The average molecular weight is 329 g/mol. The highest BCUT2D eigenvalue weighted by molar-refractivity contribution is 5.90. The summed E-state index contributed by atoms with van der Waals surface area (Å²) in [7, 11) is 0. The van der Waals surface area contributed by atoms with Gasteiger partial charge in [-0.05, 0) is 64.7 Å². The zero-order valence-corrected chi connectivity index (χ0v) is 13.8. The Balaban J connectivity index is 2.48. The van der Waals surface area contributed by atoms with Crippen LogP contribution < -0.4 is 4.90 Å². The molecule has 128 valence electrons. The Morgan fingerprint density at radius 1 is 1.26 bits per heavy atom. The fourth-order valence-electron chi connectivity index (χ4n) is 2.72. The maximum atomic E-state index is 13.0. The van der Waals surface area contributed by atoms with E-state index in [4.69, 9.17) is 4.74 Å². The summed E-state index contributed by atoms with van der Waals surface area (Å²) in [5.41, 5.74) is -0.406. The second kappa shape index (κ2) is 6.06. The molecule has 1 aliphatic heterocycles. The van der Waals surface area contributed by atoms with Crippen molar-refractivity contribution < 1.29 is 22.7 Å². The minimum Gasteiger partial charge on any atom is -0.443 e. The van der Waals surface area contributed by atoms with Crippen LogP contribution in [0.25, 0.3) is 0 Å². The molecule has 0 N–H and O–H groups in total. The largest absolute Gasteiger partial charge is 0.443 e. The molecular formula is C17H22F3NO2. The van der Waals surface area contributed by atoms with E-state index in [0.717, 1.165) is 30.5 Å². The number of ether oxygens (including phenoxy) is 1. The first kappa shape index (κ1) is 17.6. The van der Waals surface area contributed by atoms with Crippen LogP contribution in [0.5, 0.6) is 0 Å². The van der Waals surface area contributed by atoms with Crippen LogP contribution in [0.4, 0.5) is 23.7 Å². The molecule has 0 radical (unpaired) electrons. The highest BCUT2D eigenvalue weighted by Gasteiger charge is 2.35. The van der Waals surface area contributed by atoms with Crippen molar-refractivity contribution >= 4 is 11.8 Å². The van der Waals surface area contributed by atoms with Gasteiger partial charge in [-0.25, -0.2) is 4.79 Å². The minimum atomic E-state index is -4.44. The van der Waals surface area contributed by atoms with Gasteiger partial charge in [-0.2, -0.15) is 13.2 Å². The third-order valence-electron chi connectivity index (χ3n) is 3.77. The van der Waals surface area contributed by atoms with Crippen molar-refractivity contribution in [1.82, 2.24) is 0 Å². The van der Waals surface area contributed by atoms with Gasteiger partial charge in [0.1, 0.15) is 5.60 Å². The third-order valence-corrected chi connectivity index (χ3v) is 3.77. The highest BCUT2D eigenvalue weighted by atomic mass is 19.4. The van der Waals surface area contributed by atoms with E-state index in [1.165, 1.54) is 11.0 Å². The molecule has 0 aliphatic carbocycles. The number of carbonyl (C=O) groups is 1. The number of anilines is 1. The molecule has 0 fully saturated rings. The van der Waals surface area contributed by atoms with Gasteiger partial charge < -0.3 is 4.74 Å². The van der Waals surface area contributed by atoms with Crippen LogP contribution >= 0.6 is 0 Å². The molecule has 0 saturated carbocycles. The van der Waals surface area contributed by atoms with Crippen molar-refractivity contribution in [2.45, 2.75) is 64.8 Å². The summed E-state index contributed by atoms with van der Waals surface area (Å²) in [6.07, 6.45) is -2.86. The van der Waals surface area contributed by atoms with Gasteiger partial charge in [0.2, 0.25) is 0 Å². The van der Waals surface area contributed by atoms with Crippen LogP contribution in [-0.2, 0) is 17.3 Å². The molecule has 0 bridgehead atoms. The quantitative estimate of drug-likeness (QED) is 0.657. The first-order valence-electron chi connectivity index (χ1n) is 7.71. The molecule has 1 aromatic rings. The number of aryl methyl sites for hydroxylation is 1. The highest BCUT2D eigenvalue weighted by Crippen LogP contribution is 2.37. The summed E-state index contributed by atoms with van der Waals surface area (Å²) in [5, 5.41) is 0. The predicted molar refractivity (Wildman–Crippen MR) is 82.6 cm³/mol. The van der Waals surface area contributed by atoms with E-state index in [9.17, 15) is 18.0 Å². The lowest BCUT2D eigenvalue weighted by atomic mass is 10.0. The summed E-state index contributed by atoms with van der Waals surface area (Å²) < 4.78 is 44.5. The van der Waals surface area contributed by atoms with Gasteiger partial charge in [0, 0.05) is 6.04 Å². The molecule has 23 heavy (non-hydrogen) atoms. The molecule has 1 heterocycles. The first-order valence-corrected chi connectivity index (χ1v) is 7.71. The summed E-state index contributed by atoms with van der Waals surface area (Å²) in [6.45, 7) is 7.04. The summed E-state index contributed by atoms with van der Waals surface area (Å²) in [5.74, 6) is 0. The van der Waals surface area contributed by atoms with Crippen LogP contribution in [0.1, 0.15) is 51.7 Å². The monoisotopic (exact) mass is 329 g/mol. The lowest BCUT2D eigenvalue weighted by Gasteiger charge is -2.31. The molecule has 1 aromatic carbocycles. The van der Waals surface area contributed by atoms with E-state index in [1.807, 2.05) is 6.92 Å². The Morgan fingerprint density at radius 2 is 1.91 bits per heavy atom. The van der Waals surface area contributed by atoms with Crippen molar-refractivity contribution in [3.63, 3.8) is 0 Å². The molecule has 0 aromatic heterocycles. The Labute approximate surface area is 134 Å². The molecular weight excluding hydrogens is 307 g/mol. The number of rotatable bonds is 0. The van der Waals surface area contributed by atoms with E-state index in [1.54, 1.807) is 20.8 Å². The van der Waals surface area contributed by atoms with Gasteiger partial charge in [-0.15, -0.1) is 0 Å². The van der Waals surface area contributed by atoms with Gasteiger partial charge in [-0.3, -0.25) is 4.90 Å². The summed E-state index contributed by atoms with van der Waals surface area (Å²) >= 11 is 0. The molecule has 1 unspecified atom stereocenters. The lowest BCUT2D eigenvalue weighted by Crippen LogP contribution is -2.42. The number of fused-ring (bicyclic) bond motifs is 1. The van der Waals surface area contributed by atoms with Crippen molar-refractivity contribution in [3.8, 4) is 0 Å². The number of hydrogen-bond donors (Lipinski definition) is 0. The maximum Gasteiger partial charge on any atom is 0.416 e. The number of hydrogen-bond acceptors (Lipinski definition) is 2. The standard InChI is InChI=1S/C17H22F3NO2/c1-11-6-5-7-12-8-9-13(17(18,19)20)10-14(12)21(11)15(22)23-16(2,3)4/h8-11H,5-7H2,1-4H3. The van der Waals surface area contributed by atoms with Gasteiger partial charge in [0.05, 0.1) is 11.3 Å². The Bertz CT molecular complexity index is 590. The zero-order valence-electron chi connectivity index (χ0n) is 13.8. The number of amides is 1. The number of benzene rings is 1. The summed E-state index contributed by atoms with van der Waals surface area (Å²) in [6, 6.07) is 3.38. The van der Waals surface area contributed by atoms with Gasteiger partial charge >= 0.3 is 12.3 Å². The van der Waals surface area contributed by atoms with Crippen molar-refractivity contribution in [1.29, 1.82) is 0 Å². The van der Waals surface area contributed by atoms with Crippen LogP contribution in [0.2, 0.25) is 0 Å². The molecule has 1 amide bonds. The van der Waals surface area contributed by atoms with Crippen LogP contribution in [-0.4, -0.2) is 17.7 Å². The van der Waals surface area contributed by atoms with Gasteiger partial charge in [0.25, 0.3) is 0 Å². The second-order valence-electron chi connectivity index (χ2n) is 6.93. The van der Waals surface area contributed by atoms with Crippen molar-refractivity contribution in [2.75, 3.05) is 4.90 Å². The van der Waals surface area contributed by atoms with Gasteiger partial charge in [0.15, 0.2) is 0 Å². The molecule has 6 heteroatoms. The normalized spacial score (nSPS) is 19.1. The fraction of sp³-hybridized carbons (Fsp3) is 0.588. The molecule has 0 saturated heterocycles. The van der Waals surface area contributed by atoms with E-state index in [0.29, 0.717) is 12.1 Å². The Morgan fingerprint density at radius 3 is 2.48 bits per heavy atom. The molecule has 0 spiro atoms. The second-order valence-corrected chi connectivity index (χ2v) is 6.93. The topological polar surface area (TPSA) is 29.5 Å². The average Bonchev–Trinajstić information content (AvgIpc) is 2.52. The Hall–Kier alpha value is -1.72. The first-order chi connectivity index (χ1) is 10.5. The molecule has 3 nitrogen and oxygen atoms in total. The van der Waals surface area contributed by atoms with E-state index >= 15 is 0 Å². The third kappa shape index (κ3) is 4.18. The van der Waals surface area contributed by atoms with Crippen LogP contribution in [0.15, 0.2) is 18.2 Å². The fourth-order valence-corrected chi connectivity index (χ4v) is 2.72. The smallest absolute Gasteiger partial charge is 0.416 e. The van der Waals surface area contributed by atoms with E-state index in [2.05, 4.69) is 0 Å². The summed E-state index contributed by atoms with van der Waals surface area (Å²) in [4.78, 5) is 13.9. The number of carbonyl (C=O) groups excluding carboxylic acids is 1. The number of halogens is 3. The minimum absolute atomic E-state index is 0.213. The predicted octanol–water partition coefficient (Wildman–Crippen LogP) is 5.17. The van der Waals surface area contributed by atoms with Crippen LogP contribution in [0, 0.1) is 0 Å². The van der Waals surface area contributed by atoms with E-state index in [-0.39, 0.29) is 6.04 Å². The van der Waals surface area contributed by atoms with E-state index < -0.39 is 23.4 Å².